The van der Waals surface area contributed by atoms with Crippen molar-refractivity contribution in [2.24, 2.45) is 0 Å². The number of unbranched alkanes of at least 4 members (excludes halogenated alkanes) is 1. The van der Waals surface area contributed by atoms with E-state index in [1.807, 2.05) is 6.92 Å². The maximum Gasteiger partial charge on any atom is 0.262 e. The smallest absolute Gasteiger partial charge is 0.262 e. The summed E-state index contributed by atoms with van der Waals surface area (Å²) in [4.78, 5) is 12.2. The molecule has 0 saturated carbocycles. The summed E-state index contributed by atoms with van der Waals surface area (Å²) in [6.45, 7) is 2.04. The Morgan fingerprint density at radius 3 is 2.67 bits per heavy atom. The minimum Gasteiger partial charge on any atom is -0.482 e. The second-order valence-electron chi connectivity index (χ2n) is 5.69. The van der Waals surface area contributed by atoms with Crippen molar-refractivity contribution in [3.8, 4) is 5.75 Å². The highest BCUT2D eigenvalue weighted by Crippen LogP contribution is 2.27. The third kappa shape index (κ3) is 6.70. The summed E-state index contributed by atoms with van der Waals surface area (Å²) in [6.07, 6.45) is 1.63. The van der Waals surface area contributed by atoms with Gasteiger partial charge in [-0.2, -0.15) is 0 Å². The van der Waals surface area contributed by atoms with Gasteiger partial charge in [0, 0.05) is 23.3 Å². The predicted octanol–water partition coefficient (Wildman–Crippen LogP) is 4.09. The van der Waals surface area contributed by atoms with Crippen molar-refractivity contribution in [1.82, 2.24) is 4.72 Å². The van der Waals surface area contributed by atoms with Crippen LogP contribution < -0.4 is 14.8 Å². The van der Waals surface area contributed by atoms with Gasteiger partial charge in [0.05, 0.1) is 9.92 Å². The van der Waals surface area contributed by atoms with Crippen LogP contribution in [-0.2, 0) is 14.8 Å². The molecule has 0 radical (unpaired) electrons. The molecular formula is C18H20Cl2N2O4S. The zero-order chi connectivity index (χ0) is 19.9. The molecular weight excluding hydrogens is 411 g/mol. The Kier molecular flexibility index (Phi) is 7.91. The van der Waals surface area contributed by atoms with Crippen LogP contribution in [0.5, 0.6) is 5.75 Å². The Labute approximate surface area is 168 Å². The molecule has 2 rings (SSSR count). The fourth-order valence-corrected chi connectivity index (χ4v) is 3.59. The first kappa shape index (κ1) is 21.5. The largest absolute Gasteiger partial charge is 0.482 e. The molecule has 0 fully saturated rings. The Morgan fingerprint density at radius 1 is 1.15 bits per heavy atom. The maximum absolute atomic E-state index is 12.2. The van der Waals surface area contributed by atoms with E-state index in [4.69, 9.17) is 27.9 Å². The predicted molar refractivity (Wildman–Crippen MR) is 107 cm³/mol. The first-order valence-electron chi connectivity index (χ1n) is 8.29. The van der Waals surface area contributed by atoms with Crippen LogP contribution in [0.3, 0.4) is 0 Å². The quantitative estimate of drug-likeness (QED) is 0.586. The number of rotatable bonds is 9. The standard InChI is InChI=1S/C18H20Cl2N2O4S/c1-2-3-9-21-27(24,25)15-6-4-5-14(11-15)22-18(23)12-26-17-10-13(19)7-8-16(17)20/h4-8,10-11,21H,2-3,9,12H2,1H3,(H,22,23). The molecule has 0 aliphatic rings. The van der Waals surface area contributed by atoms with Crippen molar-refractivity contribution in [3.05, 3.63) is 52.5 Å². The Morgan fingerprint density at radius 2 is 1.93 bits per heavy atom. The van der Waals surface area contributed by atoms with Crippen LogP contribution in [-0.4, -0.2) is 27.5 Å². The zero-order valence-corrected chi connectivity index (χ0v) is 17.0. The second kappa shape index (κ2) is 9.94. The fourth-order valence-electron chi connectivity index (χ4n) is 2.14. The molecule has 146 valence electrons. The van der Waals surface area contributed by atoms with E-state index in [1.165, 1.54) is 18.2 Å². The summed E-state index contributed by atoms with van der Waals surface area (Å²) in [5.74, 6) is -0.171. The molecule has 0 unspecified atom stereocenters. The second-order valence-corrected chi connectivity index (χ2v) is 8.30. The highest BCUT2D eigenvalue weighted by atomic mass is 35.5. The molecule has 2 aromatic carbocycles. The van der Waals surface area contributed by atoms with Crippen molar-refractivity contribution in [2.75, 3.05) is 18.5 Å². The fraction of sp³-hybridized carbons (Fsp3) is 0.278. The van der Waals surface area contributed by atoms with Crippen molar-refractivity contribution < 1.29 is 17.9 Å². The van der Waals surface area contributed by atoms with Crippen LogP contribution in [0.4, 0.5) is 5.69 Å². The van der Waals surface area contributed by atoms with Gasteiger partial charge >= 0.3 is 0 Å². The number of hydrogen-bond donors (Lipinski definition) is 2. The zero-order valence-electron chi connectivity index (χ0n) is 14.7. The van der Waals surface area contributed by atoms with E-state index >= 15 is 0 Å². The number of carbonyl (C=O) groups excluding carboxylic acids is 1. The summed E-state index contributed by atoms with van der Waals surface area (Å²) < 4.78 is 32.4. The lowest BCUT2D eigenvalue weighted by molar-refractivity contribution is -0.118. The number of benzene rings is 2. The van der Waals surface area contributed by atoms with E-state index in [1.54, 1.807) is 24.3 Å². The van der Waals surface area contributed by atoms with Gasteiger partial charge in [-0.1, -0.05) is 42.6 Å². The van der Waals surface area contributed by atoms with Crippen molar-refractivity contribution >= 4 is 44.8 Å². The number of hydrogen-bond acceptors (Lipinski definition) is 4. The van der Waals surface area contributed by atoms with Gasteiger partial charge < -0.3 is 10.1 Å². The first-order chi connectivity index (χ1) is 12.8. The number of amides is 1. The Hall–Kier alpha value is -1.80. The third-order valence-corrected chi connectivity index (χ3v) is 5.51. The van der Waals surface area contributed by atoms with Crippen LogP contribution in [0, 0.1) is 0 Å². The van der Waals surface area contributed by atoms with Crippen LogP contribution in [0.2, 0.25) is 10.0 Å². The van der Waals surface area contributed by atoms with Gasteiger partial charge in [-0.25, -0.2) is 13.1 Å². The van der Waals surface area contributed by atoms with E-state index < -0.39 is 15.9 Å². The molecule has 9 heteroatoms. The minimum atomic E-state index is -3.62. The van der Waals surface area contributed by atoms with E-state index in [0.29, 0.717) is 22.3 Å². The SMILES string of the molecule is CCCCNS(=O)(=O)c1cccc(NC(=O)COc2cc(Cl)ccc2Cl)c1. The average Bonchev–Trinajstić information content (AvgIpc) is 2.63. The van der Waals surface area contributed by atoms with E-state index in [-0.39, 0.29) is 17.3 Å². The molecule has 27 heavy (non-hydrogen) atoms. The van der Waals surface area contributed by atoms with Gasteiger partial charge in [0.15, 0.2) is 6.61 Å². The molecule has 0 aliphatic heterocycles. The van der Waals surface area contributed by atoms with Gasteiger partial charge in [-0.05, 0) is 36.8 Å². The lowest BCUT2D eigenvalue weighted by Crippen LogP contribution is -2.25. The molecule has 0 bridgehead atoms. The highest BCUT2D eigenvalue weighted by molar-refractivity contribution is 7.89. The van der Waals surface area contributed by atoms with Gasteiger partial charge in [0.1, 0.15) is 5.75 Å². The third-order valence-electron chi connectivity index (χ3n) is 3.50. The molecule has 6 nitrogen and oxygen atoms in total. The lowest BCUT2D eigenvalue weighted by atomic mass is 10.3. The summed E-state index contributed by atoms with van der Waals surface area (Å²) >= 11 is 11.8. The summed E-state index contributed by atoms with van der Waals surface area (Å²) in [5, 5.41) is 3.36. The molecule has 1 amide bonds. The van der Waals surface area contributed by atoms with E-state index in [9.17, 15) is 13.2 Å². The summed E-state index contributed by atoms with van der Waals surface area (Å²) in [5.41, 5.74) is 0.346. The molecule has 2 aromatic rings. The number of sulfonamides is 1. The minimum absolute atomic E-state index is 0.0789. The number of ether oxygens (including phenoxy) is 1. The molecule has 2 N–H and O–H groups in total. The maximum atomic E-state index is 12.2. The lowest BCUT2D eigenvalue weighted by Gasteiger charge is -2.11. The normalized spacial score (nSPS) is 11.2. The molecule has 0 spiro atoms. The van der Waals surface area contributed by atoms with Crippen molar-refractivity contribution in [3.63, 3.8) is 0 Å². The molecule has 0 atom stereocenters. The number of nitrogens with one attached hydrogen (secondary N) is 2. The average molecular weight is 431 g/mol. The van der Waals surface area contributed by atoms with Crippen LogP contribution in [0.1, 0.15) is 19.8 Å². The highest BCUT2D eigenvalue weighted by Gasteiger charge is 2.14. The monoisotopic (exact) mass is 430 g/mol. The molecule has 0 heterocycles. The number of anilines is 1. The van der Waals surface area contributed by atoms with Gasteiger partial charge in [-0.15, -0.1) is 0 Å². The van der Waals surface area contributed by atoms with Crippen LogP contribution in [0.25, 0.3) is 0 Å². The molecule has 0 aromatic heterocycles. The van der Waals surface area contributed by atoms with Gasteiger partial charge in [0.25, 0.3) is 5.91 Å². The van der Waals surface area contributed by atoms with Crippen LogP contribution in [0.15, 0.2) is 47.4 Å². The number of carbonyl (C=O) groups is 1. The topological polar surface area (TPSA) is 84.5 Å². The molecule has 0 saturated heterocycles. The summed E-state index contributed by atoms with van der Waals surface area (Å²) in [6, 6.07) is 10.7. The van der Waals surface area contributed by atoms with E-state index in [2.05, 4.69) is 10.0 Å². The van der Waals surface area contributed by atoms with Crippen molar-refractivity contribution in [1.29, 1.82) is 0 Å². The van der Waals surface area contributed by atoms with Crippen LogP contribution >= 0.6 is 23.2 Å². The first-order valence-corrected chi connectivity index (χ1v) is 10.5. The Balaban J connectivity index is 1.99. The molecule has 0 aliphatic carbocycles. The Bertz CT molecular complexity index is 904. The van der Waals surface area contributed by atoms with Gasteiger partial charge in [-0.3, -0.25) is 4.79 Å². The van der Waals surface area contributed by atoms with Crippen molar-refractivity contribution in [2.45, 2.75) is 24.7 Å². The van der Waals surface area contributed by atoms with Gasteiger partial charge in [0.2, 0.25) is 10.0 Å². The summed E-state index contributed by atoms with van der Waals surface area (Å²) in [7, 11) is -3.62. The van der Waals surface area contributed by atoms with E-state index in [0.717, 1.165) is 12.8 Å². The number of halogens is 2.